The van der Waals surface area contributed by atoms with Crippen molar-refractivity contribution in [2.75, 3.05) is 44.3 Å². The molecule has 0 aliphatic carbocycles. The Morgan fingerprint density at radius 1 is 1.03 bits per heavy atom. The van der Waals surface area contributed by atoms with Crippen LogP contribution in [0, 0.1) is 0 Å². The van der Waals surface area contributed by atoms with E-state index in [1.807, 2.05) is 66.7 Å². The van der Waals surface area contributed by atoms with E-state index in [-0.39, 0.29) is 18.3 Å². The highest BCUT2D eigenvalue weighted by atomic mass is 35.5. The van der Waals surface area contributed by atoms with Crippen LogP contribution >= 0.6 is 35.3 Å². The average molecular weight is 545 g/mol. The summed E-state index contributed by atoms with van der Waals surface area (Å²) in [7, 11) is 0. The summed E-state index contributed by atoms with van der Waals surface area (Å²) in [4.78, 5) is 22.8. The molecule has 3 aromatic carbocycles. The molecule has 0 N–H and O–H groups in total. The van der Waals surface area contributed by atoms with Crippen LogP contribution in [-0.2, 0) is 4.74 Å². The molecule has 1 amide bonds. The maximum Gasteiger partial charge on any atom is 0.263 e. The Morgan fingerprint density at radius 3 is 2.56 bits per heavy atom. The fourth-order valence-corrected chi connectivity index (χ4v) is 5.36. The number of anilines is 1. The van der Waals surface area contributed by atoms with E-state index in [4.69, 9.17) is 26.1 Å². The van der Waals surface area contributed by atoms with Gasteiger partial charge in [0, 0.05) is 26.2 Å². The van der Waals surface area contributed by atoms with E-state index in [2.05, 4.69) is 4.90 Å². The van der Waals surface area contributed by atoms with Gasteiger partial charge in [-0.05, 0) is 42.8 Å². The van der Waals surface area contributed by atoms with Crippen LogP contribution in [0.2, 0.25) is 5.02 Å². The number of hydrogen-bond acceptors (Lipinski definition) is 6. The molecule has 1 aromatic heterocycles. The molecule has 6 nitrogen and oxygen atoms in total. The van der Waals surface area contributed by atoms with Crippen LogP contribution < -0.4 is 9.64 Å². The van der Waals surface area contributed by atoms with Crippen molar-refractivity contribution in [3.05, 3.63) is 83.4 Å². The van der Waals surface area contributed by atoms with Gasteiger partial charge in [0.2, 0.25) is 0 Å². The lowest BCUT2D eigenvalue weighted by molar-refractivity contribution is 0.0376. The van der Waals surface area contributed by atoms with Crippen LogP contribution in [0.1, 0.15) is 16.8 Å². The van der Waals surface area contributed by atoms with Crippen LogP contribution in [0.25, 0.3) is 10.2 Å². The maximum atomic E-state index is 13.9. The van der Waals surface area contributed by atoms with Crippen molar-refractivity contribution in [3.8, 4) is 11.5 Å². The topological polar surface area (TPSA) is 54.9 Å². The predicted octanol–water partition coefficient (Wildman–Crippen LogP) is 6.53. The lowest BCUT2D eigenvalue weighted by atomic mass is 10.1. The molecule has 1 aliphatic heterocycles. The Balaban J connectivity index is 0.00000304. The fourth-order valence-electron chi connectivity index (χ4n) is 4.07. The summed E-state index contributed by atoms with van der Waals surface area (Å²) in [6.07, 6.45) is 0.817. The van der Waals surface area contributed by atoms with Crippen molar-refractivity contribution >= 4 is 56.6 Å². The molecule has 1 aliphatic rings. The van der Waals surface area contributed by atoms with Crippen LogP contribution in [0.3, 0.4) is 0 Å². The smallest absolute Gasteiger partial charge is 0.263 e. The number of amides is 1. The van der Waals surface area contributed by atoms with Crippen molar-refractivity contribution < 1.29 is 14.3 Å². The second-order valence-electron chi connectivity index (χ2n) is 8.26. The van der Waals surface area contributed by atoms with Crippen molar-refractivity contribution in [1.29, 1.82) is 0 Å². The third-order valence-electron chi connectivity index (χ3n) is 5.88. The van der Waals surface area contributed by atoms with E-state index in [1.54, 1.807) is 11.0 Å². The molecule has 0 bridgehead atoms. The number of hydrogen-bond donors (Lipinski definition) is 0. The molecule has 0 radical (unpaired) electrons. The molecular weight excluding hydrogens is 517 g/mol. The van der Waals surface area contributed by atoms with E-state index in [1.165, 1.54) is 11.3 Å². The number of halogens is 2. The number of ether oxygens (including phenoxy) is 2. The second kappa shape index (κ2) is 12.5. The van der Waals surface area contributed by atoms with Gasteiger partial charge < -0.3 is 9.47 Å². The number of thiazole rings is 1. The highest BCUT2D eigenvalue weighted by Gasteiger charge is 2.25. The van der Waals surface area contributed by atoms with E-state index in [0.29, 0.717) is 39.3 Å². The molecule has 36 heavy (non-hydrogen) atoms. The van der Waals surface area contributed by atoms with Gasteiger partial charge in [-0.2, -0.15) is 0 Å². The third-order valence-corrected chi connectivity index (χ3v) is 7.23. The summed E-state index contributed by atoms with van der Waals surface area (Å²) in [5.74, 6) is 1.05. The molecule has 5 rings (SSSR count). The van der Waals surface area contributed by atoms with Crippen LogP contribution in [0.15, 0.2) is 72.8 Å². The highest BCUT2D eigenvalue weighted by molar-refractivity contribution is 7.22. The first kappa shape index (κ1) is 26.4. The maximum absolute atomic E-state index is 13.9. The van der Waals surface area contributed by atoms with Gasteiger partial charge in [0.1, 0.15) is 17.0 Å². The van der Waals surface area contributed by atoms with Gasteiger partial charge in [-0.25, -0.2) is 4.98 Å². The van der Waals surface area contributed by atoms with Crippen LogP contribution in [-0.4, -0.2) is 55.2 Å². The van der Waals surface area contributed by atoms with E-state index < -0.39 is 0 Å². The summed E-state index contributed by atoms with van der Waals surface area (Å²) in [5, 5.41) is 1.22. The van der Waals surface area contributed by atoms with E-state index in [9.17, 15) is 4.79 Å². The Kier molecular flexibility index (Phi) is 9.18. The van der Waals surface area contributed by atoms with Crippen molar-refractivity contribution in [3.63, 3.8) is 0 Å². The summed E-state index contributed by atoms with van der Waals surface area (Å²) >= 11 is 7.87. The molecule has 0 saturated carbocycles. The Morgan fingerprint density at radius 2 is 1.78 bits per heavy atom. The molecule has 1 fully saturated rings. The quantitative estimate of drug-likeness (QED) is 0.252. The lowest BCUT2D eigenvalue weighted by Gasteiger charge is -2.28. The first-order valence-electron chi connectivity index (χ1n) is 11.7. The van der Waals surface area contributed by atoms with Crippen molar-refractivity contribution in [2.24, 2.45) is 0 Å². The summed E-state index contributed by atoms with van der Waals surface area (Å²) in [6.45, 7) is 4.76. The van der Waals surface area contributed by atoms with Gasteiger partial charge in [0.15, 0.2) is 5.13 Å². The number of benzene rings is 3. The Hall–Kier alpha value is -2.68. The average Bonchev–Trinajstić information content (AvgIpc) is 3.33. The van der Waals surface area contributed by atoms with Gasteiger partial charge in [-0.15, -0.1) is 12.4 Å². The molecular formula is C27H27Cl2N3O3S. The number of para-hydroxylation sites is 3. The van der Waals surface area contributed by atoms with Crippen molar-refractivity contribution in [1.82, 2.24) is 9.88 Å². The molecule has 9 heteroatoms. The minimum atomic E-state index is -0.145. The normalized spacial score (nSPS) is 13.8. The molecule has 0 unspecified atom stereocenters. The number of aromatic nitrogens is 1. The number of fused-ring (bicyclic) bond motifs is 1. The third kappa shape index (κ3) is 6.17. The first-order valence-corrected chi connectivity index (χ1v) is 12.9. The number of rotatable bonds is 8. The summed E-state index contributed by atoms with van der Waals surface area (Å²) < 4.78 is 12.5. The minimum Gasteiger partial charge on any atom is -0.457 e. The van der Waals surface area contributed by atoms with E-state index >= 15 is 0 Å². The minimum absolute atomic E-state index is 0. The SMILES string of the molecule is Cl.O=C(c1ccccc1Oc1ccccc1)N(CCCN1CCOCC1)c1nc2c(Cl)cccc2s1. The van der Waals surface area contributed by atoms with Gasteiger partial charge in [-0.1, -0.05) is 59.3 Å². The molecule has 0 spiro atoms. The number of carbonyl (C=O) groups excluding carboxylic acids is 1. The van der Waals surface area contributed by atoms with E-state index in [0.717, 1.165) is 44.0 Å². The molecule has 188 valence electrons. The monoisotopic (exact) mass is 543 g/mol. The molecule has 0 atom stereocenters. The second-order valence-corrected chi connectivity index (χ2v) is 9.67. The summed E-state index contributed by atoms with van der Waals surface area (Å²) in [6, 6.07) is 22.5. The fraction of sp³-hybridized carbons (Fsp3) is 0.259. The summed E-state index contributed by atoms with van der Waals surface area (Å²) in [5.41, 5.74) is 1.21. The van der Waals surface area contributed by atoms with Crippen LogP contribution in [0.5, 0.6) is 11.5 Å². The lowest BCUT2D eigenvalue weighted by Crippen LogP contribution is -2.39. The zero-order valence-electron chi connectivity index (χ0n) is 19.6. The largest absolute Gasteiger partial charge is 0.457 e. The zero-order chi connectivity index (χ0) is 24.0. The number of morpholine rings is 1. The first-order chi connectivity index (χ1) is 17.2. The van der Waals surface area contributed by atoms with Gasteiger partial charge >= 0.3 is 0 Å². The van der Waals surface area contributed by atoms with Gasteiger partial charge in [-0.3, -0.25) is 14.6 Å². The predicted molar refractivity (Wildman–Crippen MR) is 148 cm³/mol. The zero-order valence-corrected chi connectivity index (χ0v) is 22.0. The molecule has 4 aromatic rings. The molecule has 2 heterocycles. The van der Waals surface area contributed by atoms with Gasteiger partial charge in [0.05, 0.1) is 28.5 Å². The molecule has 1 saturated heterocycles. The Labute approximate surface area is 225 Å². The standard InChI is InChI=1S/C27H26ClN3O3S.ClH/c28-22-11-6-13-24-25(22)29-27(35-24)31(15-7-14-30-16-18-33-19-17-30)26(32)21-10-4-5-12-23(21)34-20-8-2-1-3-9-20;/h1-6,8-13H,7,14-19H2;1H. The van der Waals surface area contributed by atoms with Crippen molar-refractivity contribution in [2.45, 2.75) is 6.42 Å². The van der Waals surface area contributed by atoms with Gasteiger partial charge in [0.25, 0.3) is 5.91 Å². The number of carbonyl (C=O) groups is 1. The Bertz CT molecular complexity index is 1300. The number of nitrogens with zero attached hydrogens (tertiary/aromatic N) is 3. The highest BCUT2D eigenvalue weighted by Crippen LogP contribution is 2.35. The van der Waals surface area contributed by atoms with Crippen LogP contribution in [0.4, 0.5) is 5.13 Å².